The summed E-state index contributed by atoms with van der Waals surface area (Å²) in [5.74, 6) is -1.44. The Bertz CT molecular complexity index is 563. The van der Waals surface area contributed by atoms with Crippen LogP contribution in [-0.2, 0) is 6.42 Å². The van der Waals surface area contributed by atoms with Gasteiger partial charge in [-0.3, -0.25) is 0 Å². The molecule has 1 heterocycles. The van der Waals surface area contributed by atoms with E-state index in [1.807, 2.05) is 0 Å². The van der Waals surface area contributed by atoms with Crippen LogP contribution in [0.4, 0.5) is 4.39 Å². The topological polar surface area (TPSA) is 63.3 Å². The van der Waals surface area contributed by atoms with E-state index in [0.717, 1.165) is 0 Å². The van der Waals surface area contributed by atoms with Crippen LogP contribution in [0.5, 0.6) is 0 Å². The summed E-state index contributed by atoms with van der Waals surface area (Å²) in [5, 5.41) is 12.7. The highest BCUT2D eigenvalue weighted by molar-refractivity contribution is 5.95. The third kappa shape index (κ3) is 1.91. The van der Waals surface area contributed by atoms with Gasteiger partial charge >= 0.3 is 5.97 Å². The van der Waals surface area contributed by atoms with E-state index in [4.69, 9.17) is 9.63 Å². The molecule has 0 unspecified atom stereocenters. The van der Waals surface area contributed by atoms with Crippen LogP contribution < -0.4 is 0 Å². The molecule has 0 amide bonds. The Hall–Kier alpha value is -2.17. The molecule has 0 saturated carbocycles. The average Bonchev–Trinajstić information content (AvgIpc) is 2.73. The van der Waals surface area contributed by atoms with Gasteiger partial charge in [-0.25, -0.2) is 9.18 Å². The van der Waals surface area contributed by atoms with E-state index in [-0.39, 0.29) is 22.6 Å². The molecule has 0 aliphatic heterocycles. The van der Waals surface area contributed by atoms with Crippen molar-refractivity contribution in [2.24, 2.45) is 0 Å². The Labute approximate surface area is 96.7 Å². The maximum atomic E-state index is 13.6. The van der Waals surface area contributed by atoms with Gasteiger partial charge in [-0.1, -0.05) is 24.2 Å². The molecule has 0 fully saturated rings. The Morgan fingerprint density at radius 2 is 2.18 bits per heavy atom. The van der Waals surface area contributed by atoms with Crippen molar-refractivity contribution >= 4 is 5.97 Å². The van der Waals surface area contributed by atoms with Crippen LogP contribution in [-0.4, -0.2) is 16.2 Å². The molecular weight excluding hydrogens is 225 g/mol. The molecule has 0 spiro atoms. The second kappa shape index (κ2) is 4.37. The van der Waals surface area contributed by atoms with Gasteiger partial charge in [0.05, 0.1) is 0 Å². The van der Waals surface area contributed by atoms with Crippen molar-refractivity contribution in [2.75, 3.05) is 0 Å². The van der Waals surface area contributed by atoms with Gasteiger partial charge < -0.3 is 9.63 Å². The van der Waals surface area contributed by atoms with Crippen LogP contribution >= 0.6 is 0 Å². The van der Waals surface area contributed by atoms with Crippen LogP contribution in [0.15, 0.2) is 28.8 Å². The normalized spacial score (nSPS) is 10.5. The summed E-state index contributed by atoms with van der Waals surface area (Å²) in [6, 6.07) is 5.87. The molecule has 1 aromatic heterocycles. The largest absolute Gasteiger partial charge is 0.477 e. The molecule has 4 nitrogen and oxygen atoms in total. The van der Waals surface area contributed by atoms with Crippen LogP contribution in [0.25, 0.3) is 11.3 Å². The number of hydrogen-bond donors (Lipinski definition) is 1. The highest BCUT2D eigenvalue weighted by atomic mass is 19.1. The van der Waals surface area contributed by atoms with Gasteiger partial charge in [0.25, 0.3) is 0 Å². The van der Waals surface area contributed by atoms with E-state index >= 15 is 0 Å². The number of rotatable bonds is 3. The molecule has 0 radical (unpaired) electrons. The first-order valence-corrected chi connectivity index (χ1v) is 5.12. The van der Waals surface area contributed by atoms with Gasteiger partial charge in [-0.05, 0) is 12.1 Å². The van der Waals surface area contributed by atoms with Gasteiger partial charge in [0, 0.05) is 12.0 Å². The molecule has 0 atom stereocenters. The molecule has 0 aliphatic rings. The smallest absolute Gasteiger partial charge is 0.341 e. The van der Waals surface area contributed by atoms with Crippen molar-refractivity contribution in [3.05, 3.63) is 41.4 Å². The van der Waals surface area contributed by atoms with Crippen molar-refractivity contribution in [3.63, 3.8) is 0 Å². The Morgan fingerprint density at radius 3 is 2.76 bits per heavy atom. The number of aromatic carboxylic acids is 1. The number of carboxylic acid groups (broad SMARTS) is 1. The second-order valence-electron chi connectivity index (χ2n) is 3.47. The minimum atomic E-state index is -1.17. The Balaban J connectivity index is 2.64. The van der Waals surface area contributed by atoms with E-state index < -0.39 is 11.8 Å². The summed E-state index contributed by atoms with van der Waals surface area (Å²) in [5.41, 5.74) is 0.0957. The Kier molecular flexibility index (Phi) is 2.91. The number of carbonyl (C=O) groups is 1. The van der Waals surface area contributed by atoms with Gasteiger partial charge in [-0.2, -0.15) is 0 Å². The Morgan fingerprint density at radius 1 is 1.47 bits per heavy atom. The summed E-state index contributed by atoms with van der Waals surface area (Å²) >= 11 is 0. The van der Waals surface area contributed by atoms with Crippen LogP contribution in [0.2, 0.25) is 0 Å². The predicted molar refractivity (Wildman–Crippen MR) is 58.2 cm³/mol. The van der Waals surface area contributed by atoms with Crippen molar-refractivity contribution in [2.45, 2.75) is 13.3 Å². The highest BCUT2D eigenvalue weighted by Crippen LogP contribution is 2.27. The molecule has 17 heavy (non-hydrogen) atoms. The van der Waals surface area contributed by atoms with E-state index in [9.17, 15) is 9.18 Å². The first-order chi connectivity index (χ1) is 8.15. The third-order valence-corrected chi connectivity index (χ3v) is 2.43. The molecular formula is C12H10FNO3. The maximum Gasteiger partial charge on any atom is 0.341 e. The number of aromatic nitrogens is 1. The van der Waals surface area contributed by atoms with Crippen molar-refractivity contribution in [1.29, 1.82) is 0 Å². The lowest BCUT2D eigenvalue weighted by atomic mass is 10.0. The number of halogens is 1. The summed E-state index contributed by atoms with van der Waals surface area (Å²) in [6.07, 6.45) is 0.392. The minimum Gasteiger partial charge on any atom is -0.477 e. The number of aryl methyl sites for hydroxylation is 1. The average molecular weight is 235 g/mol. The fraction of sp³-hybridized carbons (Fsp3) is 0.167. The lowest BCUT2D eigenvalue weighted by Gasteiger charge is -1.99. The van der Waals surface area contributed by atoms with E-state index in [1.54, 1.807) is 13.0 Å². The SMILES string of the molecule is CCc1onc(-c2ccccc2F)c1C(=O)O. The summed E-state index contributed by atoms with van der Waals surface area (Å²) in [4.78, 5) is 11.1. The first kappa shape index (κ1) is 11.3. The maximum absolute atomic E-state index is 13.6. The minimum absolute atomic E-state index is 0.0347. The van der Waals surface area contributed by atoms with E-state index in [2.05, 4.69) is 5.16 Å². The number of nitrogens with zero attached hydrogens (tertiary/aromatic N) is 1. The van der Waals surface area contributed by atoms with Gasteiger partial charge in [0.15, 0.2) is 5.76 Å². The number of hydrogen-bond acceptors (Lipinski definition) is 3. The molecule has 5 heteroatoms. The number of benzene rings is 1. The fourth-order valence-electron chi connectivity index (χ4n) is 1.62. The third-order valence-electron chi connectivity index (χ3n) is 2.43. The summed E-state index contributed by atoms with van der Waals surface area (Å²) in [7, 11) is 0. The number of carboxylic acids is 1. The molecule has 1 aromatic carbocycles. The monoisotopic (exact) mass is 235 g/mol. The molecule has 1 N–H and O–H groups in total. The predicted octanol–water partition coefficient (Wildman–Crippen LogP) is 2.74. The standard InChI is InChI=1S/C12H10FNO3/c1-2-9-10(12(15)16)11(14-17-9)7-5-3-4-6-8(7)13/h3-6H,2H2,1H3,(H,15,16). The highest BCUT2D eigenvalue weighted by Gasteiger charge is 2.23. The lowest BCUT2D eigenvalue weighted by molar-refractivity contribution is 0.0695. The first-order valence-electron chi connectivity index (χ1n) is 5.12. The molecule has 0 bridgehead atoms. The van der Waals surface area contributed by atoms with Crippen LogP contribution in [0.1, 0.15) is 23.0 Å². The quantitative estimate of drug-likeness (QED) is 0.888. The van der Waals surface area contributed by atoms with Crippen molar-refractivity contribution in [1.82, 2.24) is 5.16 Å². The van der Waals surface area contributed by atoms with Crippen LogP contribution in [0, 0.1) is 5.82 Å². The zero-order chi connectivity index (χ0) is 12.4. The molecule has 2 rings (SSSR count). The molecule has 0 saturated heterocycles. The van der Waals surface area contributed by atoms with E-state index in [0.29, 0.717) is 6.42 Å². The second-order valence-corrected chi connectivity index (χ2v) is 3.47. The molecule has 0 aliphatic carbocycles. The zero-order valence-corrected chi connectivity index (χ0v) is 9.11. The summed E-state index contributed by atoms with van der Waals surface area (Å²) < 4.78 is 18.5. The zero-order valence-electron chi connectivity index (χ0n) is 9.11. The summed E-state index contributed by atoms with van der Waals surface area (Å²) in [6.45, 7) is 1.75. The van der Waals surface area contributed by atoms with Gasteiger partial charge in [0.1, 0.15) is 17.1 Å². The van der Waals surface area contributed by atoms with Crippen molar-refractivity contribution in [3.8, 4) is 11.3 Å². The molecule has 88 valence electrons. The van der Waals surface area contributed by atoms with Crippen LogP contribution in [0.3, 0.4) is 0 Å². The van der Waals surface area contributed by atoms with Gasteiger partial charge in [-0.15, -0.1) is 0 Å². The van der Waals surface area contributed by atoms with E-state index in [1.165, 1.54) is 18.2 Å². The van der Waals surface area contributed by atoms with Gasteiger partial charge in [0.2, 0.25) is 0 Å². The molecule has 2 aromatic rings. The van der Waals surface area contributed by atoms with Crippen molar-refractivity contribution < 1.29 is 18.8 Å². The lowest BCUT2D eigenvalue weighted by Crippen LogP contribution is -2.01. The fourth-order valence-corrected chi connectivity index (χ4v) is 1.62.